The standard InChI is InChI=1S/C15H19N3O3/c1-15(2,3)18(10-11-8-6-5-7-9-11)13(19)12(17-16)14(20)21-4/h5-9H,10H2,1-4H3. The molecule has 0 aliphatic heterocycles. The third kappa shape index (κ3) is 4.26. The molecule has 0 saturated heterocycles. The number of ether oxygens (including phenoxy) is 1. The van der Waals surface area contributed by atoms with Crippen LogP contribution in [0.1, 0.15) is 26.3 Å². The quantitative estimate of drug-likeness (QED) is 0.278. The summed E-state index contributed by atoms with van der Waals surface area (Å²) in [4.78, 5) is 28.2. The van der Waals surface area contributed by atoms with E-state index in [9.17, 15) is 9.59 Å². The maximum atomic E-state index is 12.5. The Balaban J connectivity index is 3.12. The van der Waals surface area contributed by atoms with Crippen molar-refractivity contribution in [3.8, 4) is 0 Å². The zero-order chi connectivity index (χ0) is 16.0. The Bertz CT molecular complexity index is 570. The van der Waals surface area contributed by atoms with Gasteiger partial charge in [0, 0.05) is 12.1 Å². The van der Waals surface area contributed by atoms with E-state index in [1.165, 1.54) is 4.90 Å². The molecule has 0 aromatic heterocycles. The number of carbonyl (C=O) groups excluding carboxylic acids is 2. The summed E-state index contributed by atoms with van der Waals surface area (Å²) in [5.74, 6) is -1.65. The van der Waals surface area contributed by atoms with Gasteiger partial charge in [-0.2, -0.15) is 4.79 Å². The van der Waals surface area contributed by atoms with E-state index in [0.717, 1.165) is 12.7 Å². The molecular weight excluding hydrogens is 270 g/mol. The highest BCUT2D eigenvalue weighted by Crippen LogP contribution is 2.18. The van der Waals surface area contributed by atoms with Gasteiger partial charge >= 0.3 is 17.6 Å². The third-order valence-electron chi connectivity index (χ3n) is 2.92. The Hall–Kier alpha value is -2.46. The Morgan fingerprint density at radius 2 is 1.81 bits per heavy atom. The van der Waals surface area contributed by atoms with Crippen LogP contribution in [0.15, 0.2) is 30.3 Å². The molecular formula is C15H19N3O3. The van der Waals surface area contributed by atoms with Gasteiger partial charge in [0.05, 0.1) is 7.11 Å². The van der Waals surface area contributed by atoms with Crippen molar-refractivity contribution in [2.24, 2.45) is 0 Å². The minimum absolute atomic E-state index is 0.291. The van der Waals surface area contributed by atoms with Gasteiger partial charge in [0.2, 0.25) is 0 Å². The van der Waals surface area contributed by atoms with Gasteiger partial charge < -0.3 is 15.2 Å². The number of rotatable bonds is 4. The molecule has 0 aliphatic rings. The van der Waals surface area contributed by atoms with Gasteiger partial charge in [0.25, 0.3) is 0 Å². The lowest BCUT2D eigenvalue weighted by Crippen LogP contribution is -2.50. The van der Waals surface area contributed by atoms with E-state index in [-0.39, 0.29) is 0 Å². The lowest BCUT2D eigenvalue weighted by Gasteiger charge is -2.34. The lowest BCUT2D eigenvalue weighted by molar-refractivity contribution is -0.144. The Morgan fingerprint density at radius 1 is 1.24 bits per heavy atom. The molecule has 6 heteroatoms. The number of amides is 1. The second-order valence-corrected chi connectivity index (χ2v) is 5.49. The van der Waals surface area contributed by atoms with E-state index in [2.05, 4.69) is 9.53 Å². The summed E-state index contributed by atoms with van der Waals surface area (Å²) < 4.78 is 4.46. The zero-order valence-corrected chi connectivity index (χ0v) is 12.7. The molecule has 0 bridgehead atoms. The fourth-order valence-corrected chi connectivity index (χ4v) is 1.78. The highest BCUT2D eigenvalue weighted by molar-refractivity contribution is 6.61. The van der Waals surface area contributed by atoms with Crippen LogP contribution in [0.4, 0.5) is 0 Å². The van der Waals surface area contributed by atoms with Gasteiger partial charge in [-0.25, -0.2) is 4.79 Å². The molecule has 0 fully saturated rings. The van der Waals surface area contributed by atoms with E-state index >= 15 is 0 Å². The number of hydrogen-bond acceptors (Lipinski definition) is 3. The predicted molar refractivity (Wildman–Crippen MR) is 77.4 cm³/mol. The molecule has 0 atom stereocenters. The van der Waals surface area contributed by atoms with Crippen molar-refractivity contribution in [2.75, 3.05) is 7.11 Å². The first-order valence-corrected chi connectivity index (χ1v) is 6.47. The fourth-order valence-electron chi connectivity index (χ4n) is 1.78. The van der Waals surface area contributed by atoms with Gasteiger partial charge in [-0.15, -0.1) is 0 Å². The minimum Gasteiger partial charge on any atom is -0.460 e. The predicted octanol–water partition coefficient (Wildman–Crippen LogP) is 1.66. The lowest BCUT2D eigenvalue weighted by atomic mass is 10.0. The molecule has 1 aromatic carbocycles. The summed E-state index contributed by atoms with van der Waals surface area (Å²) in [6.45, 7) is 5.79. The van der Waals surface area contributed by atoms with Crippen molar-refractivity contribution in [1.82, 2.24) is 4.90 Å². The monoisotopic (exact) mass is 289 g/mol. The van der Waals surface area contributed by atoms with Crippen LogP contribution in [0.25, 0.3) is 5.53 Å². The van der Waals surface area contributed by atoms with Crippen molar-refractivity contribution in [2.45, 2.75) is 32.9 Å². The molecule has 0 aliphatic carbocycles. The van der Waals surface area contributed by atoms with Crippen LogP contribution in [0.5, 0.6) is 0 Å². The number of nitrogens with zero attached hydrogens (tertiary/aromatic N) is 3. The maximum absolute atomic E-state index is 12.5. The van der Waals surface area contributed by atoms with Gasteiger partial charge in [0.15, 0.2) is 0 Å². The Morgan fingerprint density at radius 3 is 2.24 bits per heavy atom. The molecule has 0 N–H and O–H groups in total. The van der Waals surface area contributed by atoms with Crippen LogP contribution in [0.3, 0.4) is 0 Å². The Kier molecular flexibility index (Phi) is 5.38. The van der Waals surface area contributed by atoms with Gasteiger partial charge in [-0.05, 0) is 26.3 Å². The van der Waals surface area contributed by atoms with E-state index in [1.807, 2.05) is 51.1 Å². The van der Waals surface area contributed by atoms with Gasteiger partial charge in [0.1, 0.15) is 0 Å². The van der Waals surface area contributed by atoms with Crippen molar-refractivity contribution in [3.05, 3.63) is 41.4 Å². The van der Waals surface area contributed by atoms with Gasteiger partial charge in [-0.3, -0.25) is 4.79 Å². The average molecular weight is 289 g/mol. The summed E-state index contributed by atoms with van der Waals surface area (Å²) in [5, 5.41) is 0. The van der Waals surface area contributed by atoms with Gasteiger partial charge in [-0.1, -0.05) is 30.3 Å². The molecule has 0 heterocycles. The summed E-state index contributed by atoms with van der Waals surface area (Å²) in [5.41, 5.74) is 8.63. The number of carbonyl (C=O) groups is 2. The van der Waals surface area contributed by atoms with E-state index in [1.54, 1.807) is 0 Å². The SMILES string of the molecule is COC(=O)C(=[N+]=[N-])C(=O)N(Cc1ccccc1)C(C)(C)C. The number of esters is 1. The molecule has 21 heavy (non-hydrogen) atoms. The van der Waals surface area contributed by atoms with E-state index in [0.29, 0.717) is 6.54 Å². The number of benzene rings is 1. The zero-order valence-electron chi connectivity index (χ0n) is 12.7. The largest absolute Gasteiger partial charge is 0.463 e. The van der Waals surface area contributed by atoms with E-state index in [4.69, 9.17) is 5.53 Å². The molecule has 0 unspecified atom stereocenters. The first kappa shape index (κ1) is 16.6. The topological polar surface area (TPSA) is 83.0 Å². The second-order valence-electron chi connectivity index (χ2n) is 5.49. The molecule has 112 valence electrons. The second kappa shape index (κ2) is 6.81. The molecule has 1 amide bonds. The molecule has 1 rings (SSSR count). The van der Waals surface area contributed by atoms with Crippen LogP contribution in [0.2, 0.25) is 0 Å². The highest BCUT2D eigenvalue weighted by atomic mass is 16.5. The van der Waals surface area contributed by atoms with Crippen molar-refractivity contribution in [1.29, 1.82) is 0 Å². The highest BCUT2D eigenvalue weighted by Gasteiger charge is 2.39. The molecule has 0 saturated carbocycles. The van der Waals surface area contributed by atoms with Crippen LogP contribution >= 0.6 is 0 Å². The minimum atomic E-state index is -0.968. The average Bonchev–Trinajstić information content (AvgIpc) is 2.45. The molecule has 6 nitrogen and oxygen atoms in total. The smallest absolute Gasteiger partial charge is 0.460 e. The summed E-state index contributed by atoms with van der Waals surface area (Å²) in [6.07, 6.45) is 0. The van der Waals surface area contributed by atoms with Crippen molar-refractivity contribution >= 4 is 17.6 Å². The molecule has 0 radical (unpaired) electrons. The van der Waals surface area contributed by atoms with Crippen molar-refractivity contribution in [3.63, 3.8) is 0 Å². The normalized spacial score (nSPS) is 10.5. The van der Waals surface area contributed by atoms with Crippen LogP contribution in [-0.2, 0) is 20.9 Å². The summed E-state index contributed by atoms with van der Waals surface area (Å²) >= 11 is 0. The van der Waals surface area contributed by atoms with Crippen LogP contribution < -0.4 is 0 Å². The first-order valence-electron chi connectivity index (χ1n) is 6.47. The summed E-state index contributed by atoms with van der Waals surface area (Å²) in [7, 11) is 1.12. The van der Waals surface area contributed by atoms with Crippen molar-refractivity contribution < 1.29 is 19.1 Å². The fraction of sp³-hybridized carbons (Fsp3) is 0.400. The van der Waals surface area contributed by atoms with Crippen LogP contribution in [-0.4, -0.2) is 39.9 Å². The Labute approximate surface area is 123 Å². The summed E-state index contributed by atoms with van der Waals surface area (Å²) in [6, 6.07) is 9.35. The first-order chi connectivity index (χ1) is 9.81. The number of hydrogen-bond donors (Lipinski definition) is 0. The third-order valence-corrected chi connectivity index (χ3v) is 2.92. The van der Waals surface area contributed by atoms with Crippen LogP contribution in [0, 0.1) is 0 Å². The van der Waals surface area contributed by atoms with E-state index < -0.39 is 23.1 Å². The maximum Gasteiger partial charge on any atom is 0.463 e. The molecule has 1 aromatic rings. The number of methoxy groups -OCH3 is 1. The molecule has 0 spiro atoms.